The van der Waals surface area contributed by atoms with E-state index in [2.05, 4.69) is 19.9 Å². The van der Waals surface area contributed by atoms with E-state index in [9.17, 15) is 0 Å². The highest BCUT2D eigenvalue weighted by atomic mass is 32.2. The van der Waals surface area contributed by atoms with Gasteiger partial charge >= 0.3 is 0 Å². The van der Waals surface area contributed by atoms with Crippen molar-refractivity contribution in [2.24, 2.45) is 15.1 Å². The van der Waals surface area contributed by atoms with Crippen LogP contribution in [0.5, 0.6) is 0 Å². The second kappa shape index (κ2) is 2.95. The second-order valence-electron chi connectivity index (χ2n) is 2.86. The Kier molecular flexibility index (Phi) is 1.63. The lowest BCUT2D eigenvalue weighted by atomic mass is 10.2. The number of hydrogen-bond acceptors (Lipinski definition) is 5. The molecule has 0 aromatic heterocycles. The number of rotatable bonds is 0. The molecule has 0 spiro atoms. The van der Waals surface area contributed by atoms with Gasteiger partial charge in [0.15, 0.2) is 0 Å². The first-order valence-electron chi connectivity index (χ1n) is 4.14. The molecule has 0 saturated carbocycles. The average molecular weight is 202 g/mol. The van der Waals surface area contributed by atoms with Gasteiger partial charge in [-0.15, -0.1) is 0 Å². The fraction of sp³-hybridized carbons (Fsp3) is 0. The van der Waals surface area contributed by atoms with Gasteiger partial charge < -0.3 is 0 Å². The summed E-state index contributed by atoms with van der Waals surface area (Å²) in [7, 11) is 0. The van der Waals surface area contributed by atoms with Gasteiger partial charge in [-0.05, 0) is 17.4 Å². The summed E-state index contributed by atoms with van der Waals surface area (Å²) in [6.07, 6.45) is 5.27. The van der Waals surface area contributed by atoms with E-state index in [1.54, 1.807) is 12.6 Å². The number of fused-ring (bicyclic) bond motifs is 3. The molecule has 3 rings (SSSR count). The van der Waals surface area contributed by atoms with Crippen molar-refractivity contribution in [3.8, 4) is 0 Å². The standard InChI is InChI=1S/C9H6N4S/c1-2-7-8(11-5-10-7)9-6(1)3-4-12-13-14-9/h1-5,13H. The molecule has 1 aromatic carbocycles. The fourth-order valence-corrected chi connectivity index (χ4v) is 2.13. The van der Waals surface area contributed by atoms with Gasteiger partial charge in [-0.25, -0.2) is 14.8 Å². The summed E-state index contributed by atoms with van der Waals surface area (Å²) in [4.78, 5) is 12.3. The molecule has 2 aliphatic heterocycles. The van der Waals surface area contributed by atoms with Gasteiger partial charge in [0.05, 0.1) is 10.3 Å². The zero-order valence-corrected chi connectivity index (χ0v) is 7.95. The summed E-state index contributed by atoms with van der Waals surface area (Å²) in [5.41, 5.74) is 0.932. The SMILES string of the molecule is C1=NNSc2c3c(ccc2=C1)=NC=N3. The van der Waals surface area contributed by atoms with E-state index in [-0.39, 0.29) is 0 Å². The summed E-state index contributed by atoms with van der Waals surface area (Å²) in [5, 5.41) is 6.01. The van der Waals surface area contributed by atoms with Crippen molar-refractivity contribution in [1.82, 2.24) is 4.83 Å². The normalized spacial score (nSPS) is 16.0. The largest absolute Gasteiger partial charge is 0.247 e. The second-order valence-corrected chi connectivity index (χ2v) is 3.66. The predicted octanol–water partition coefficient (Wildman–Crippen LogP) is 0.356. The topological polar surface area (TPSA) is 49.1 Å². The van der Waals surface area contributed by atoms with Gasteiger partial charge in [-0.2, -0.15) is 5.10 Å². The third kappa shape index (κ3) is 1.06. The molecule has 0 aliphatic carbocycles. The van der Waals surface area contributed by atoms with Crippen molar-refractivity contribution in [2.45, 2.75) is 4.90 Å². The first-order chi connectivity index (χ1) is 6.95. The Bertz CT molecular complexity index is 559. The molecule has 0 atom stereocenters. The van der Waals surface area contributed by atoms with E-state index in [4.69, 9.17) is 0 Å². The van der Waals surface area contributed by atoms with Gasteiger partial charge in [-0.1, -0.05) is 6.07 Å². The Labute approximate surface area is 84.3 Å². The third-order valence-corrected chi connectivity index (χ3v) is 2.88. The Balaban J connectivity index is 2.39. The number of aliphatic imine (C=N–C) groups is 1. The molecule has 0 radical (unpaired) electrons. The van der Waals surface area contributed by atoms with Crippen molar-refractivity contribution < 1.29 is 0 Å². The summed E-state index contributed by atoms with van der Waals surface area (Å²) in [5.74, 6) is 0. The summed E-state index contributed by atoms with van der Waals surface area (Å²) < 4.78 is 0. The van der Waals surface area contributed by atoms with Gasteiger partial charge in [0.25, 0.3) is 0 Å². The number of hydrogen-bond donors (Lipinski definition) is 1. The summed E-state index contributed by atoms with van der Waals surface area (Å²) >= 11 is 1.46. The van der Waals surface area contributed by atoms with Crippen LogP contribution in [0.15, 0.2) is 32.1 Å². The summed E-state index contributed by atoms with van der Waals surface area (Å²) in [6.45, 7) is 0. The Morgan fingerprint density at radius 3 is 3.29 bits per heavy atom. The Morgan fingerprint density at radius 2 is 2.29 bits per heavy atom. The van der Waals surface area contributed by atoms with E-state index in [1.165, 1.54) is 11.9 Å². The van der Waals surface area contributed by atoms with Gasteiger partial charge in [0.2, 0.25) is 0 Å². The van der Waals surface area contributed by atoms with E-state index in [0.717, 1.165) is 21.2 Å². The molecule has 2 aliphatic rings. The van der Waals surface area contributed by atoms with Crippen LogP contribution >= 0.6 is 11.9 Å². The van der Waals surface area contributed by atoms with Crippen molar-refractivity contribution in [2.75, 3.05) is 0 Å². The Morgan fingerprint density at radius 1 is 1.29 bits per heavy atom. The lowest BCUT2D eigenvalue weighted by molar-refractivity contribution is 1.12. The van der Waals surface area contributed by atoms with Crippen LogP contribution in [-0.4, -0.2) is 12.6 Å². The molecule has 4 nitrogen and oxygen atoms in total. The van der Waals surface area contributed by atoms with Crippen LogP contribution in [0, 0.1) is 0 Å². The molecule has 2 heterocycles. The predicted molar refractivity (Wildman–Crippen MR) is 57.3 cm³/mol. The minimum atomic E-state index is 0.924. The van der Waals surface area contributed by atoms with E-state index < -0.39 is 0 Å². The number of benzene rings is 1. The molecular formula is C9H6N4S. The maximum Gasteiger partial charge on any atom is 0.116 e. The van der Waals surface area contributed by atoms with E-state index in [0.29, 0.717) is 0 Å². The van der Waals surface area contributed by atoms with Crippen LogP contribution in [0.1, 0.15) is 0 Å². The van der Waals surface area contributed by atoms with Crippen LogP contribution in [0.2, 0.25) is 0 Å². The molecule has 0 unspecified atom stereocenters. The molecule has 0 saturated heterocycles. The highest BCUT2D eigenvalue weighted by Crippen LogP contribution is 2.22. The number of hydrazone groups is 1. The monoisotopic (exact) mass is 202 g/mol. The molecular weight excluding hydrogens is 196 g/mol. The summed E-state index contributed by atoms with van der Waals surface area (Å²) in [6, 6.07) is 4.00. The maximum absolute atomic E-state index is 4.23. The third-order valence-electron chi connectivity index (χ3n) is 2.05. The van der Waals surface area contributed by atoms with Crippen LogP contribution in [0.4, 0.5) is 5.69 Å². The average Bonchev–Trinajstić information content (AvgIpc) is 2.55. The quantitative estimate of drug-likeness (QED) is 0.617. The minimum absolute atomic E-state index is 0.924. The van der Waals surface area contributed by atoms with Crippen molar-refractivity contribution >= 4 is 36.3 Å². The van der Waals surface area contributed by atoms with Crippen molar-refractivity contribution in [3.05, 3.63) is 22.7 Å². The lowest BCUT2D eigenvalue weighted by Gasteiger charge is -2.01. The van der Waals surface area contributed by atoms with E-state index in [1.807, 2.05) is 18.2 Å². The molecule has 68 valence electrons. The molecule has 0 fully saturated rings. The molecule has 5 heteroatoms. The van der Waals surface area contributed by atoms with Crippen LogP contribution < -0.4 is 15.4 Å². The van der Waals surface area contributed by atoms with Crippen molar-refractivity contribution in [1.29, 1.82) is 0 Å². The number of nitrogens with zero attached hydrogens (tertiary/aromatic N) is 3. The lowest BCUT2D eigenvalue weighted by Crippen LogP contribution is -2.11. The maximum atomic E-state index is 4.23. The molecule has 0 bridgehead atoms. The van der Waals surface area contributed by atoms with Gasteiger partial charge in [0, 0.05) is 18.2 Å². The highest BCUT2D eigenvalue weighted by Gasteiger charge is 2.10. The van der Waals surface area contributed by atoms with Gasteiger partial charge in [0.1, 0.15) is 12.0 Å². The first kappa shape index (κ1) is 7.75. The molecule has 1 aromatic rings. The van der Waals surface area contributed by atoms with Gasteiger partial charge in [-0.3, -0.25) is 0 Å². The minimum Gasteiger partial charge on any atom is -0.247 e. The van der Waals surface area contributed by atoms with Crippen LogP contribution in [-0.2, 0) is 0 Å². The van der Waals surface area contributed by atoms with E-state index >= 15 is 0 Å². The first-order valence-corrected chi connectivity index (χ1v) is 4.95. The zero-order chi connectivity index (χ0) is 9.38. The molecule has 14 heavy (non-hydrogen) atoms. The fourth-order valence-electron chi connectivity index (χ4n) is 1.41. The van der Waals surface area contributed by atoms with Crippen molar-refractivity contribution in [3.63, 3.8) is 0 Å². The number of nitrogens with one attached hydrogen (secondary N) is 1. The zero-order valence-electron chi connectivity index (χ0n) is 7.14. The smallest absolute Gasteiger partial charge is 0.116 e. The Hall–Kier alpha value is -1.62. The molecule has 1 N–H and O–H groups in total. The van der Waals surface area contributed by atoms with Crippen LogP contribution in [0.3, 0.4) is 0 Å². The highest BCUT2D eigenvalue weighted by molar-refractivity contribution is 7.97. The van der Waals surface area contributed by atoms with Crippen LogP contribution in [0.25, 0.3) is 6.08 Å². The molecule has 0 amide bonds.